The lowest BCUT2D eigenvalue weighted by Crippen LogP contribution is -2.46. The van der Waals surface area contributed by atoms with Crippen molar-refractivity contribution in [3.8, 4) is 0 Å². The van der Waals surface area contributed by atoms with Crippen LogP contribution in [0.25, 0.3) is 0 Å². The van der Waals surface area contributed by atoms with Gasteiger partial charge in [-0.25, -0.2) is 9.98 Å². The van der Waals surface area contributed by atoms with Crippen LogP contribution in [0.2, 0.25) is 0 Å². The van der Waals surface area contributed by atoms with Gasteiger partial charge in [0.25, 0.3) is 0 Å². The van der Waals surface area contributed by atoms with E-state index in [9.17, 15) is 0 Å². The highest BCUT2D eigenvalue weighted by molar-refractivity contribution is 14.0. The molecule has 0 saturated carbocycles. The summed E-state index contributed by atoms with van der Waals surface area (Å²) in [6.07, 6.45) is 4.77. The van der Waals surface area contributed by atoms with Gasteiger partial charge in [-0.3, -0.25) is 4.90 Å². The third kappa shape index (κ3) is 8.49. The molecule has 1 fully saturated rings. The average Bonchev–Trinajstić information content (AvgIpc) is 3.03. The summed E-state index contributed by atoms with van der Waals surface area (Å²) in [5, 5.41) is 7.81. The van der Waals surface area contributed by atoms with Crippen LogP contribution in [0.1, 0.15) is 44.0 Å². The van der Waals surface area contributed by atoms with Crippen LogP contribution in [0.15, 0.2) is 11.2 Å². The molecule has 0 aliphatic carbocycles. The van der Waals surface area contributed by atoms with Gasteiger partial charge in [0, 0.05) is 43.8 Å². The minimum absolute atomic E-state index is 0. The molecule has 26 heavy (non-hydrogen) atoms. The molecule has 6 nitrogen and oxygen atoms in total. The van der Waals surface area contributed by atoms with Crippen LogP contribution in [0.4, 0.5) is 0 Å². The molecule has 0 amide bonds. The van der Waals surface area contributed by atoms with Crippen molar-refractivity contribution < 1.29 is 4.74 Å². The van der Waals surface area contributed by atoms with Gasteiger partial charge in [0.05, 0.1) is 18.8 Å². The third-order valence-electron chi connectivity index (χ3n) is 4.11. The van der Waals surface area contributed by atoms with E-state index < -0.39 is 0 Å². The lowest BCUT2D eigenvalue weighted by molar-refractivity contribution is -0.0679. The van der Waals surface area contributed by atoms with Crippen LogP contribution in [-0.4, -0.2) is 60.8 Å². The predicted molar refractivity (Wildman–Crippen MR) is 121 cm³/mol. The van der Waals surface area contributed by atoms with Crippen molar-refractivity contribution in [3.05, 3.63) is 16.1 Å². The van der Waals surface area contributed by atoms with Crippen molar-refractivity contribution >= 4 is 41.3 Å². The molecule has 2 atom stereocenters. The average molecular weight is 495 g/mol. The van der Waals surface area contributed by atoms with E-state index in [1.54, 1.807) is 11.3 Å². The second-order valence-corrected chi connectivity index (χ2v) is 7.77. The van der Waals surface area contributed by atoms with Crippen LogP contribution < -0.4 is 10.6 Å². The summed E-state index contributed by atoms with van der Waals surface area (Å²) in [6.45, 7) is 14.1. The Balaban J connectivity index is 0.00000338. The molecule has 1 aliphatic heterocycles. The fourth-order valence-electron chi connectivity index (χ4n) is 3.05. The van der Waals surface area contributed by atoms with Crippen molar-refractivity contribution in [2.24, 2.45) is 4.99 Å². The second kappa shape index (κ2) is 12.9. The van der Waals surface area contributed by atoms with E-state index in [4.69, 9.17) is 4.74 Å². The van der Waals surface area contributed by atoms with Gasteiger partial charge in [-0.05, 0) is 33.6 Å². The van der Waals surface area contributed by atoms with E-state index in [1.807, 2.05) is 6.20 Å². The molecule has 1 saturated heterocycles. The molecule has 0 bridgehead atoms. The third-order valence-corrected chi connectivity index (χ3v) is 5.23. The standard InChI is InChI=1S/C18H33N5OS.HI/c1-5-16-10-21-17(25-16)11-22-18(19-6-2)20-8-7-9-23-12-14(3)24-15(4)13-23;/h10,14-15H,5-9,11-13H2,1-4H3,(H2,19,20,22);1H. The molecule has 150 valence electrons. The van der Waals surface area contributed by atoms with Gasteiger partial charge in [0.2, 0.25) is 0 Å². The summed E-state index contributed by atoms with van der Waals surface area (Å²) in [4.78, 5) is 12.9. The second-order valence-electron chi connectivity index (χ2n) is 6.57. The van der Waals surface area contributed by atoms with Gasteiger partial charge in [-0.1, -0.05) is 6.92 Å². The van der Waals surface area contributed by atoms with E-state index in [-0.39, 0.29) is 24.0 Å². The van der Waals surface area contributed by atoms with Gasteiger partial charge < -0.3 is 15.4 Å². The summed E-state index contributed by atoms with van der Waals surface area (Å²) in [5.74, 6) is 0.875. The van der Waals surface area contributed by atoms with Crippen molar-refractivity contribution in [2.45, 2.75) is 59.3 Å². The summed E-state index contributed by atoms with van der Waals surface area (Å²) in [7, 11) is 0. The number of nitrogens with one attached hydrogen (secondary N) is 2. The van der Waals surface area contributed by atoms with E-state index >= 15 is 0 Å². The Morgan fingerprint density at radius 3 is 2.65 bits per heavy atom. The van der Waals surface area contributed by atoms with Gasteiger partial charge in [0.15, 0.2) is 5.96 Å². The molecular formula is C18H34IN5OS. The highest BCUT2D eigenvalue weighted by Crippen LogP contribution is 2.14. The maximum Gasteiger partial charge on any atom is 0.191 e. The quantitative estimate of drug-likeness (QED) is 0.252. The van der Waals surface area contributed by atoms with Crippen LogP contribution >= 0.6 is 35.3 Å². The molecule has 0 aromatic carbocycles. The smallest absolute Gasteiger partial charge is 0.191 e. The Hall–Kier alpha value is -0.450. The number of halogens is 1. The van der Waals surface area contributed by atoms with Crippen molar-refractivity contribution in [1.29, 1.82) is 0 Å². The molecule has 2 unspecified atom stereocenters. The van der Waals surface area contributed by atoms with Crippen LogP contribution in [0, 0.1) is 0 Å². The van der Waals surface area contributed by atoms with Crippen molar-refractivity contribution in [2.75, 3.05) is 32.7 Å². The number of aromatic nitrogens is 1. The summed E-state index contributed by atoms with van der Waals surface area (Å²) >= 11 is 1.75. The SMILES string of the molecule is CCNC(=NCc1ncc(CC)s1)NCCCN1CC(C)OC(C)C1.I. The minimum Gasteiger partial charge on any atom is -0.373 e. The first kappa shape index (κ1) is 23.6. The number of ether oxygens (including phenoxy) is 1. The van der Waals surface area contributed by atoms with E-state index in [0.717, 1.165) is 56.5 Å². The Morgan fingerprint density at radius 2 is 2.04 bits per heavy atom. The fourth-order valence-corrected chi connectivity index (χ4v) is 3.84. The molecule has 0 radical (unpaired) electrons. The number of guanidine groups is 1. The fraction of sp³-hybridized carbons (Fsp3) is 0.778. The van der Waals surface area contributed by atoms with Crippen LogP contribution in [-0.2, 0) is 17.7 Å². The van der Waals surface area contributed by atoms with Crippen LogP contribution in [0.5, 0.6) is 0 Å². The molecule has 2 heterocycles. The Kier molecular flexibility index (Phi) is 11.7. The summed E-state index contributed by atoms with van der Waals surface area (Å²) in [6, 6.07) is 0. The maximum atomic E-state index is 5.79. The van der Waals surface area contributed by atoms with Gasteiger partial charge in [0.1, 0.15) is 5.01 Å². The number of aliphatic imine (C=N–C) groups is 1. The number of nitrogens with zero attached hydrogens (tertiary/aromatic N) is 3. The Labute approximate surface area is 179 Å². The van der Waals surface area contributed by atoms with Gasteiger partial charge >= 0.3 is 0 Å². The largest absolute Gasteiger partial charge is 0.373 e. The molecule has 8 heteroatoms. The van der Waals surface area contributed by atoms with Crippen LogP contribution in [0.3, 0.4) is 0 Å². The Bertz CT molecular complexity index is 529. The zero-order chi connectivity index (χ0) is 18.1. The van der Waals surface area contributed by atoms with Crippen molar-refractivity contribution in [1.82, 2.24) is 20.5 Å². The maximum absolute atomic E-state index is 5.79. The monoisotopic (exact) mass is 495 g/mol. The zero-order valence-electron chi connectivity index (χ0n) is 16.5. The molecule has 0 spiro atoms. The highest BCUT2D eigenvalue weighted by atomic mass is 127. The summed E-state index contributed by atoms with van der Waals surface area (Å²) < 4.78 is 5.79. The van der Waals surface area contributed by atoms with E-state index in [0.29, 0.717) is 18.8 Å². The summed E-state index contributed by atoms with van der Waals surface area (Å²) in [5.41, 5.74) is 0. The molecule has 2 rings (SSSR count). The number of thiazole rings is 1. The molecular weight excluding hydrogens is 461 g/mol. The van der Waals surface area contributed by atoms with E-state index in [2.05, 4.69) is 53.2 Å². The zero-order valence-corrected chi connectivity index (χ0v) is 19.6. The number of rotatable bonds is 8. The predicted octanol–water partition coefficient (Wildman–Crippen LogP) is 2.88. The topological polar surface area (TPSA) is 61.8 Å². The van der Waals surface area contributed by atoms with Crippen molar-refractivity contribution in [3.63, 3.8) is 0 Å². The Morgan fingerprint density at radius 1 is 1.31 bits per heavy atom. The minimum atomic E-state index is 0. The van der Waals surface area contributed by atoms with E-state index in [1.165, 1.54) is 4.88 Å². The lowest BCUT2D eigenvalue weighted by atomic mass is 10.2. The number of aryl methyl sites for hydroxylation is 1. The number of morpholine rings is 1. The van der Waals surface area contributed by atoms with Gasteiger partial charge in [-0.15, -0.1) is 35.3 Å². The molecule has 2 N–H and O–H groups in total. The number of hydrogen-bond donors (Lipinski definition) is 2. The molecule has 1 aromatic rings. The first-order chi connectivity index (χ1) is 12.1. The molecule has 1 aromatic heterocycles. The molecule has 1 aliphatic rings. The number of hydrogen-bond acceptors (Lipinski definition) is 5. The first-order valence-electron chi connectivity index (χ1n) is 9.44. The van der Waals surface area contributed by atoms with Gasteiger partial charge in [-0.2, -0.15) is 0 Å². The normalized spacial score (nSPS) is 21.3. The lowest BCUT2D eigenvalue weighted by Gasteiger charge is -2.35. The highest BCUT2D eigenvalue weighted by Gasteiger charge is 2.21. The first-order valence-corrected chi connectivity index (χ1v) is 10.3.